The van der Waals surface area contributed by atoms with Gasteiger partial charge in [-0.2, -0.15) is 0 Å². The average molecular weight is 205 g/mol. The first kappa shape index (κ1) is 13.4. The largest absolute Gasteiger partial charge is 0.481 e. The Morgan fingerprint density at radius 2 is 2.00 bits per heavy atom. The van der Waals surface area contributed by atoms with Crippen molar-refractivity contribution in [2.24, 2.45) is 5.92 Å². The van der Waals surface area contributed by atoms with Crippen molar-refractivity contribution >= 4 is 5.97 Å². The second-order valence-corrected chi connectivity index (χ2v) is 4.23. The topological polar surface area (TPSA) is 78.8 Å². The molecule has 2 atom stereocenters. The van der Waals surface area contributed by atoms with E-state index >= 15 is 0 Å². The van der Waals surface area contributed by atoms with Crippen molar-refractivity contribution in [3.63, 3.8) is 0 Å². The van der Waals surface area contributed by atoms with Crippen LogP contribution in [0.2, 0.25) is 0 Å². The van der Waals surface area contributed by atoms with Crippen LogP contribution < -0.4 is 5.32 Å². The van der Waals surface area contributed by atoms with Crippen molar-refractivity contribution in [3.05, 3.63) is 0 Å². The molecule has 5 heteroatoms. The highest BCUT2D eigenvalue weighted by Crippen LogP contribution is 2.08. The van der Waals surface area contributed by atoms with Gasteiger partial charge in [-0.15, -0.1) is 0 Å². The van der Waals surface area contributed by atoms with Gasteiger partial charge in [0, 0.05) is 6.54 Å². The summed E-state index contributed by atoms with van der Waals surface area (Å²) in [5.74, 6) is -1.45. The van der Waals surface area contributed by atoms with Crippen LogP contribution in [-0.2, 0) is 9.53 Å². The Hall–Kier alpha value is -0.650. The highest BCUT2D eigenvalue weighted by molar-refractivity contribution is 5.69. The molecule has 0 fully saturated rings. The monoisotopic (exact) mass is 205 g/mol. The van der Waals surface area contributed by atoms with Gasteiger partial charge in [0.15, 0.2) is 0 Å². The summed E-state index contributed by atoms with van der Waals surface area (Å²) in [6.07, 6.45) is -1.13. The maximum absolute atomic E-state index is 10.4. The number of hydrogen-bond donors (Lipinski definition) is 3. The zero-order valence-electron chi connectivity index (χ0n) is 9.07. The van der Waals surface area contributed by atoms with Gasteiger partial charge < -0.3 is 14.9 Å². The second kappa shape index (κ2) is 5.29. The number of rotatable bonds is 5. The molecule has 0 saturated carbocycles. The lowest BCUT2D eigenvalue weighted by Crippen LogP contribution is -2.41. The van der Waals surface area contributed by atoms with Crippen LogP contribution in [0.3, 0.4) is 0 Å². The van der Waals surface area contributed by atoms with Crippen molar-refractivity contribution < 1.29 is 19.7 Å². The van der Waals surface area contributed by atoms with Crippen molar-refractivity contribution in [1.29, 1.82) is 0 Å². The summed E-state index contributed by atoms with van der Waals surface area (Å²) in [4.78, 5) is 10.4. The molecule has 5 nitrogen and oxygen atoms in total. The predicted octanol–water partition coefficient (Wildman–Crippen LogP) is 0.388. The first-order valence-corrected chi connectivity index (χ1v) is 4.54. The lowest BCUT2D eigenvalue weighted by molar-refractivity contribution is -0.182. The molecular formula is C9H19NO4. The molecule has 0 aliphatic carbocycles. The summed E-state index contributed by atoms with van der Waals surface area (Å²) in [5, 5.41) is 20.4. The van der Waals surface area contributed by atoms with Crippen LogP contribution in [0, 0.1) is 5.92 Å². The van der Waals surface area contributed by atoms with E-state index in [0.717, 1.165) is 0 Å². The molecule has 14 heavy (non-hydrogen) atoms. The molecule has 0 spiro atoms. The van der Waals surface area contributed by atoms with E-state index in [2.05, 4.69) is 5.32 Å². The molecule has 0 aromatic carbocycles. The van der Waals surface area contributed by atoms with Crippen molar-refractivity contribution in [2.75, 3.05) is 6.54 Å². The molecule has 84 valence electrons. The zero-order chi connectivity index (χ0) is 11.4. The van der Waals surface area contributed by atoms with E-state index < -0.39 is 23.9 Å². The van der Waals surface area contributed by atoms with Crippen molar-refractivity contribution in [2.45, 2.75) is 39.7 Å². The minimum atomic E-state index is -1.13. The Balaban J connectivity index is 3.74. The highest BCUT2D eigenvalue weighted by Gasteiger charge is 2.18. The number of aliphatic carboxylic acids is 1. The third-order valence-corrected chi connectivity index (χ3v) is 1.49. The van der Waals surface area contributed by atoms with Gasteiger partial charge in [0.1, 0.15) is 0 Å². The van der Waals surface area contributed by atoms with E-state index in [0.29, 0.717) is 0 Å². The van der Waals surface area contributed by atoms with Gasteiger partial charge in [0.05, 0.1) is 11.5 Å². The van der Waals surface area contributed by atoms with Crippen LogP contribution in [0.4, 0.5) is 0 Å². The van der Waals surface area contributed by atoms with E-state index in [-0.39, 0.29) is 6.54 Å². The van der Waals surface area contributed by atoms with Crippen LogP contribution in [-0.4, -0.2) is 34.7 Å². The summed E-state index contributed by atoms with van der Waals surface area (Å²) in [7, 11) is 0. The summed E-state index contributed by atoms with van der Waals surface area (Å²) >= 11 is 0. The van der Waals surface area contributed by atoms with Crippen LogP contribution in [0.5, 0.6) is 0 Å². The molecule has 0 aliphatic heterocycles. The molecule has 3 N–H and O–H groups in total. The Kier molecular flexibility index (Phi) is 5.04. The van der Waals surface area contributed by atoms with Gasteiger partial charge in [0.25, 0.3) is 0 Å². The molecule has 0 heterocycles. The van der Waals surface area contributed by atoms with E-state index in [1.165, 1.54) is 0 Å². The van der Waals surface area contributed by atoms with Crippen LogP contribution in [0.1, 0.15) is 27.7 Å². The number of hydrogen-bond acceptors (Lipinski definition) is 4. The quantitative estimate of drug-likeness (QED) is 0.566. The highest BCUT2D eigenvalue weighted by atomic mass is 16.6. The smallest absolute Gasteiger partial charge is 0.307 e. The van der Waals surface area contributed by atoms with E-state index in [1.807, 2.05) is 0 Å². The van der Waals surface area contributed by atoms with Gasteiger partial charge in [-0.3, -0.25) is 10.1 Å². The fourth-order valence-electron chi connectivity index (χ4n) is 0.741. The minimum absolute atomic E-state index is 0.173. The molecule has 0 aromatic heterocycles. The molecule has 1 unspecified atom stereocenters. The van der Waals surface area contributed by atoms with Crippen molar-refractivity contribution in [1.82, 2.24) is 5.32 Å². The first-order valence-electron chi connectivity index (χ1n) is 4.54. The Bertz CT molecular complexity index is 188. The molecular weight excluding hydrogens is 186 g/mol. The number of nitrogens with one attached hydrogen (secondary N) is 1. The number of ether oxygens (including phenoxy) is 1. The molecule has 0 rings (SSSR count). The molecule has 0 amide bonds. The third-order valence-electron chi connectivity index (χ3n) is 1.49. The SMILES string of the molecule is C[C@H](CNC(O)OC(C)(C)C)C(=O)O. The predicted molar refractivity (Wildman–Crippen MR) is 51.6 cm³/mol. The molecule has 0 radical (unpaired) electrons. The second-order valence-electron chi connectivity index (χ2n) is 4.23. The normalized spacial score (nSPS) is 16.4. The number of carbonyl (C=O) groups is 1. The van der Waals surface area contributed by atoms with Crippen LogP contribution in [0.25, 0.3) is 0 Å². The van der Waals surface area contributed by atoms with Crippen molar-refractivity contribution in [3.8, 4) is 0 Å². The van der Waals surface area contributed by atoms with E-state index in [9.17, 15) is 9.90 Å². The fraction of sp³-hybridized carbons (Fsp3) is 0.889. The lowest BCUT2D eigenvalue weighted by atomic mass is 10.2. The van der Waals surface area contributed by atoms with Crippen LogP contribution >= 0.6 is 0 Å². The standard InChI is InChI=1S/C9H19NO4/c1-6(7(11)12)5-10-8(13)14-9(2,3)4/h6,8,10,13H,5H2,1-4H3,(H,11,12)/t6-,8?/m1/s1. The summed E-state index contributed by atoms with van der Waals surface area (Å²) in [6, 6.07) is 0. The minimum Gasteiger partial charge on any atom is -0.481 e. The molecule has 0 bridgehead atoms. The Morgan fingerprint density at radius 1 is 1.50 bits per heavy atom. The van der Waals surface area contributed by atoms with Gasteiger partial charge in [-0.25, -0.2) is 0 Å². The van der Waals surface area contributed by atoms with E-state index in [4.69, 9.17) is 9.84 Å². The number of aliphatic hydroxyl groups excluding tert-OH is 1. The number of carboxylic acid groups (broad SMARTS) is 1. The lowest BCUT2D eigenvalue weighted by Gasteiger charge is -2.24. The summed E-state index contributed by atoms with van der Waals surface area (Å²) in [5.41, 5.74) is -0.459. The van der Waals surface area contributed by atoms with E-state index in [1.54, 1.807) is 27.7 Å². The maximum Gasteiger partial charge on any atom is 0.307 e. The molecule has 0 aliphatic rings. The van der Waals surface area contributed by atoms with Crippen LogP contribution in [0.15, 0.2) is 0 Å². The molecule has 0 aromatic rings. The molecule has 0 saturated heterocycles. The van der Waals surface area contributed by atoms with Gasteiger partial charge in [-0.05, 0) is 20.8 Å². The number of carboxylic acids is 1. The first-order chi connectivity index (χ1) is 6.22. The third kappa shape index (κ3) is 6.82. The zero-order valence-corrected chi connectivity index (χ0v) is 9.07. The maximum atomic E-state index is 10.4. The summed E-state index contributed by atoms with van der Waals surface area (Å²) < 4.78 is 5.12. The number of aliphatic hydroxyl groups is 1. The van der Waals surface area contributed by atoms with Gasteiger partial charge in [-0.1, -0.05) is 6.92 Å². The average Bonchev–Trinajstić information content (AvgIpc) is 1.96. The van der Waals surface area contributed by atoms with Gasteiger partial charge >= 0.3 is 5.97 Å². The fourth-order valence-corrected chi connectivity index (χ4v) is 0.741. The Morgan fingerprint density at radius 3 is 2.36 bits per heavy atom. The summed E-state index contributed by atoms with van der Waals surface area (Å²) in [6.45, 7) is 7.14. The Labute approximate surface area is 84.1 Å². The van der Waals surface area contributed by atoms with Gasteiger partial charge in [0.2, 0.25) is 6.41 Å².